The number of aliphatic hydroxyl groups excluding tert-OH is 1. The van der Waals surface area contributed by atoms with Crippen molar-refractivity contribution in [3.8, 4) is 0 Å². The van der Waals surface area contributed by atoms with Gasteiger partial charge in [0.05, 0.1) is 11.8 Å². The van der Waals surface area contributed by atoms with Crippen molar-refractivity contribution in [1.29, 1.82) is 0 Å². The van der Waals surface area contributed by atoms with E-state index in [-0.39, 0.29) is 31.9 Å². The Balaban J connectivity index is 2.18. The summed E-state index contributed by atoms with van der Waals surface area (Å²) in [5.74, 6) is -2.01. The van der Waals surface area contributed by atoms with E-state index in [1.54, 1.807) is 0 Å². The number of hydrogen-bond acceptors (Lipinski definition) is 4. The Bertz CT molecular complexity index is 633. The summed E-state index contributed by atoms with van der Waals surface area (Å²) in [5.41, 5.74) is 0.646. The van der Waals surface area contributed by atoms with Gasteiger partial charge in [-0.15, -0.1) is 3.89 Å². The van der Waals surface area contributed by atoms with E-state index in [2.05, 4.69) is 0 Å². The molecule has 1 saturated heterocycles. The molecule has 1 N–H and O–H groups in total. The molecule has 1 heterocycles. The first-order chi connectivity index (χ1) is 10.3. The van der Waals surface area contributed by atoms with Crippen molar-refractivity contribution in [3.63, 3.8) is 0 Å². The lowest BCUT2D eigenvalue weighted by Gasteiger charge is -2.28. The van der Waals surface area contributed by atoms with Crippen LogP contribution in [-0.2, 0) is 15.0 Å². The zero-order valence-electron chi connectivity index (χ0n) is 11.8. The molecule has 1 aromatic carbocycles. The minimum absolute atomic E-state index is 0.0493. The first-order valence-electron chi connectivity index (χ1n) is 6.88. The minimum Gasteiger partial charge on any atom is -0.396 e. The fourth-order valence-corrected chi connectivity index (χ4v) is 3.60. The maximum Gasteiger partial charge on any atom is 0.302 e. The Morgan fingerprint density at radius 3 is 2.50 bits per heavy atom. The van der Waals surface area contributed by atoms with Gasteiger partial charge in [-0.3, -0.25) is 4.79 Å². The van der Waals surface area contributed by atoms with Gasteiger partial charge in [0.15, 0.2) is 0 Å². The molecule has 8 heteroatoms. The average Bonchev–Trinajstić information content (AvgIpc) is 2.75. The summed E-state index contributed by atoms with van der Waals surface area (Å²) in [4.78, 5) is 13.5. The Kier molecular flexibility index (Phi) is 5.12. The topological polar surface area (TPSA) is 74.7 Å². The Morgan fingerprint density at radius 2 is 1.95 bits per heavy atom. The van der Waals surface area contributed by atoms with Crippen LogP contribution < -0.4 is 0 Å². The highest BCUT2D eigenvalue weighted by atomic mass is 32.3. The predicted octanol–water partition coefficient (Wildman–Crippen LogP) is 1.40. The summed E-state index contributed by atoms with van der Waals surface area (Å²) in [5, 5.41) is 9.18. The van der Waals surface area contributed by atoms with E-state index in [1.165, 1.54) is 29.2 Å². The second kappa shape index (κ2) is 6.70. The summed E-state index contributed by atoms with van der Waals surface area (Å²) in [7, 11) is -4.64. The third-order valence-corrected chi connectivity index (χ3v) is 4.58. The third kappa shape index (κ3) is 4.23. The van der Waals surface area contributed by atoms with Crippen LogP contribution in [0.15, 0.2) is 24.3 Å². The maximum atomic E-state index is 13.0. The van der Waals surface area contributed by atoms with Crippen LogP contribution in [0.2, 0.25) is 0 Å². The fraction of sp³-hybridized carbons (Fsp3) is 0.500. The number of carbonyl (C=O) groups is 1. The molecule has 122 valence electrons. The van der Waals surface area contributed by atoms with Crippen LogP contribution in [0.3, 0.4) is 0 Å². The van der Waals surface area contributed by atoms with E-state index in [9.17, 15) is 26.6 Å². The van der Waals surface area contributed by atoms with Crippen molar-refractivity contribution in [2.45, 2.75) is 18.9 Å². The standard InChI is InChI=1S/C14H17F2NO4S/c15-12-3-1-11(2-4-12)13(5-6-18)17-8-10(7-14(17)19)9-22(16,20)21/h1-4,10,13,18H,5-9H2. The zero-order chi connectivity index (χ0) is 16.3. The summed E-state index contributed by atoms with van der Waals surface area (Å²) >= 11 is 0. The van der Waals surface area contributed by atoms with Gasteiger partial charge in [-0.05, 0) is 24.1 Å². The second-order valence-corrected chi connectivity index (χ2v) is 6.81. The SMILES string of the molecule is O=C1CC(CS(=O)(=O)F)CN1C(CCO)c1ccc(F)cc1. The average molecular weight is 333 g/mol. The molecular formula is C14H17F2NO4S. The fourth-order valence-electron chi connectivity index (χ4n) is 2.81. The molecule has 0 saturated carbocycles. The van der Waals surface area contributed by atoms with Crippen LogP contribution in [0.1, 0.15) is 24.4 Å². The summed E-state index contributed by atoms with van der Waals surface area (Å²) in [6.07, 6.45) is 0.193. The molecular weight excluding hydrogens is 316 g/mol. The van der Waals surface area contributed by atoms with Crippen LogP contribution in [0.5, 0.6) is 0 Å². The number of carbonyl (C=O) groups excluding carboxylic acids is 1. The number of aliphatic hydroxyl groups is 1. The van der Waals surface area contributed by atoms with Gasteiger partial charge in [0.1, 0.15) is 5.82 Å². The monoisotopic (exact) mass is 333 g/mol. The summed E-state index contributed by atoms with van der Waals surface area (Å²) < 4.78 is 47.2. The first-order valence-corrected chi connectivity index (χ1v) is 8.43. The van der Waals surface area contributed by atoms with Gasteiger partial charge in [-0.2, -0.15) is 8.42 Å². The van der Waals surface area contributed by atoms with E-state index in [0.29, 0.717) is 5.56 Å². The molecule has 2 atom stereocenters. The second-order valence-electron chi connectivity index (χ2n) is 5.40. The molecule has 0 spiro atoms. The van der Waals surface area contributed by atoms with Crippen molar-refractivity contribution in [2.75, 3.05) is 18.9 Å². The van der Waals surface area contributed by atoms with Gasteiger partial charge in [-0.1, -0.05) is 12.1 Å². The smallest absolute Gasteiger partial charge is 0.302 e. The molecule has 1 amide bonds. The Hall–Kier alpha value is -1.54. The van der Waals surface area contributed by atoms with E-state index in [4.69, 9.17) is 0 Å². The van der Waals surface area contributed by atoms with Gasteiger partial charge >= 0.3 is 10.2 Å². The zero-order valence-corrected chi connectivity index (χ0v) is 12.6. The van der Waals surface area contributed by atoms with Gasteiger partial charge < -0.3 is 10.0 Å². The molecule has 22 heavy (non-hydrogen) atoms. The van der Waals surface area contributed by atoms with Crippen LogP contribution in [0, 0.1) is 11.7 Å². The van der Waals surface area contributed by atoms with Gasteiger partial charge in [0, 0.05) is 25.5 Å². The summed E-state index contributed by atoms with van der Waals surface area (Å²) in [6.45, 7) is -0.0814. The van der Waals surface area contributed by atoms with Gasteiger partial charge in [-0.25, -0.2) is 4.39 Å². The van der Waals surface area contributed by atoms with Crippen molar-refractivity contribution in [3.05, 3.63) is 35.6 Å². The number of hydrogen-bond donors (Lipinski definition) is 1. The number of likely N-dealkylation sites (tertiary alicyclic amines) is 1. The molecule has 0 bridgehead atoms. The molecule has 1 aliphatic rings. The summed E-state index contributed by atoms with van der Waals surface area (Å²) in [6, 6.07) is 5.06. The minimum atomic E-state index is -4.64. The highest BCUT2D eigenvalue weighted by molar-refractivity contribution is 7.86. The van der Waals surface area contributed by atoms with Crippen LogP contribution in [0.4, 0.5) is 8.28 Å². The molecule has 5 nitrogen and oxygen atoms in total. The predicted molar refractivity (Wildman–Crippen MR) is 75.6 cm³/mol. The molecule has 2 unspecified atom stereocenters. The molecule has 0 aromatic heterocycles. The van der Waals surface area contributed by atoms with E-state index in [0.717, 1.165) is 0 Å². The normalized spacial score (nSPS) is 20.4. The number of amides is 1. The van der Waals surface area contributed by atoms with Crippen molar-refractivity contribution >= 4 is 16.1 Å². The van der Waals surface area contributed by atoms with Gasteiger partial charge in [0.25, 0.3) is 0 Å². The van der Waals surface area contributed by atoms with Crippen LogP contribution in [-0.4, -0.2) is 43.2 Å². The first kappa shape index (κ1) is 16.8. The molecule has 0 radical (unpaired) electrons. The van der Waals surface area contributed by atoms with E-state index < -0.39 is 33.8 Å². The van der Waals surface area contributed by atoms with Gasteiger partial charge in [0.2, 0.25) is 5.91 Å². The Labute approximate surface area is 127 Å². The maximum absolute atomic E-state index is 13.0. The highest BCUT2D eigenvalue weighted by Gasteiger charge is 2.36. The molecule has 0 aliphatic carbocycles. The lowest BCUT2D eigenvalue weighted by atomic mass is 10.0. The van der Waals surface area contributed by atoms with Crippen molar-refractivity contribution < 1.29 is 26.6 Å². The number of benzene rings is 1. The molecule has 1 fully saturated rings. The molecule has 2 rings (SSSR count). The number of nitrogens with zero attached hydrogens (tertiary/aromatic N) is 1. The van der Waals surface area contributed by atoms with Crippen molar-refractivity contribution in [1.82, 2.24) is 4.90 Å². The molecule has 1 aliphatic heterocycles. The number of rotatable bonds is 6. The lowest BCUT2D eigenvalue weighted by Crippen LogP contribution is -2.31. The lowest BCUT2D eigenvalue weighted by molar-refractivity contribution is -0.130. The van der Waals surface area contributed by atoms with Crippen LogP contribution in [0.25, 0.3) is 0 Å². The quantitative estimate of drug-likeness (QED) is 0.799. The largest absolute Gasteiger partial charge is 0.396 e. The third-order valence-electron chi connectivity index (χ3n) is 3.71. The van der Waals surface area contributed by atoms with Crippen LogP contribution >= 0.6 is 0 Å². The molecule has 1 aromatic rings. The van der Waals surface area contributed by atoms with E-state index in [1.807, 2.05) is 0 Å². The highest BCUT2D eigenvalue weighted by Crippen LogP contribution is 2.31. The van der Waals surface area contributed by atoms with Crippen molar-refractivity contribution in [2.24, 2.45) is 5.92 Å². The number of halogens is 2. The Morgan fingerprint density at radius 1 is 1.32 bits per heavy atom. The van der Waals surface area contributed by atoms with E-state index >= 15 is 0 Å².